The van der Waals surface area contributed by atoms with Crippen LogP contribution in [-0.4, -0.2) is 19.1 Å². The molecule has 0 aromatic heterocycles. The molecule has 0 saturated carbocycles. The van der Waals surface area contributed by atoms with Crippen molar-refractivity contribution in [3.8, 4) is 0 Å². The second-order valence-electron chi connectivity index (χ2n) is 1.78. The molecule has 2 N–H and O–H groups in total. The number of hydrogen-bond donors (Lipinski definition) is 1. The Morgan fingerprint density at radius 3 is 2.25 bits per heavy atom. The van der Waals surface area contributed by atoms with Crippen LogP contribution >= 0.6 is 0 Å². The van der Waals surface area contributed by atoms with Crippen LogP contribution in [0, 0.1) is 0 Å². The zero-order chi connectivity index (χ0) is 9.78. The summed E-state index contributed by atoms with van der Waals surface area (Å²) in [7, 11) is 0. The third-order valence-corrected chi connectivity index (χ3v) is 0.940. The van der Waals surface area contributed by atoms with E-state index in [0.717, 1.165) is 6.21 Å². The summed E-state index contributed by atoms with van der Waals surface area (Å²) in [5, 5.41) is 0. The summed E-state index contributed by atoms with van der Waals surface area (Å²) < 4.78 is 36.0. The fourth-order valence-corrected chi connectivity index (χ4v) is 0.489. The Kier molecular flexibility index (Phi) is 3.46. The van der Waals surface area contributed by atoms with Crippen LogP contribution in [-0.2, 0) is 0 Å². The van der Waals surface area contributed by atoms with Gasteiger partial charge in [0.25, 0.3) is 0 Å². The van der Waals surface area contributed by atoms with Crippen LogP contribution in [0.5, 0.6) is 0 Å². The lowest BCUT2D eigenvalue weighted by Gasteiger charge is -2.06. The van der Waals surface area contributed by atoms with Gasteiger partial charge in [0.15, 0.2) is 11.5 Å². The Hall–Kier alpha value is -1.33. The van der Waals surface area contributed by atoms with Crippen LogP contribution in [0.2, 0.25) is 0 Å². The van der Waals surface area contributed by atoms with E-state index in [-0.39, 0.29) is 0 Å². The zero-order valence-corrected chi connectivity index (χ0v) is 6.39. The molecule has 68 valence electrons. The summed E-state index contributed by atoms with van der Waals surface area (Å²) in [5.74, 6) is -0.722. The highest BCUT2D eigenvalue weighted by atomic mass is 19.4. The zero-order valence-electron chi connectivity index (χ0n) is 6.39. The Morgan fingerprint density at radius 1 is 1.50 bits per heavy atom. The first-order valence-corrected chi connectivity index (χ1v) is 2.95. The van der Waals surface area contributed by atoms with Crippen LogP contribution in [0.15, 0.2) is 21.5 Å². The van der Waals surface area contributed by atoms with Gasteiger partial charge in [0.05, 0.1) is 0 Å². The maximum Gasteiger partial charge on any atom is 0.437 e. The van der Waals surface area contributed by atoms with Crippen LogP contribution in [0.1, 0.15) is 6.92 Å². The molecule has 0 heterocycles. The van der Waals surface area contributed by atoms with Crippen LogP contribution < -0.4 is 5.73 Å². The van der Waals surface area contributed by atoms with E-state index in [9.17, 15) is 13.2 Å². The van der Waals surface area contributed by atoms with E-state index >= 15 is 0 Å². The number of alkyl halides is 3. The van der Waals surface area contributed by atoms with Gasteiger partial charge in [0.2, 0.25) is 0 Å². The van der Waals surface area contributed by atoms with Gasteiger partial charge >= 0.3 is 6.18 Å². The first kappa shape index (κ1) is 10.7. The van der Waals surface area contributed by atoms with Crippen molar-refractivity contribution in [3.05, 3.63) is 11.5 Å². The number of aliphatic imine (C=N–C) groups is 2. The summed E-state index contributed by atoms with van der Waals surface area (Å²) in [6, 6.07) is 0. The van der Waals surface area contributed by atoms with Crippen molar-refractivity contribution in [2.75, 3.05) is 0 Å². The van der Waals surface area contributed by atoms with Gasteiger partial charge in [-0.15, -0.1) is 0 Å². The molecule has 0 rings (SSSR count). The molecule has 0 bridgehead atoms. The highest BCUT2D eigenvalue weighted by molar-refractivity contribution is 5.56. The van der Waals surface area contributed by atoms with Crippen molar-refractivity contribution < 1.29 is 13.2 Å². The quantitative estimate of drug-likeness (QED) is 0.641. The van der Waals surface area contributed by atoms with Crippen molar-refractivity contribution in [2.24, 2.45) is 15.7 Å². The summed E-state index contributed by atoms with van der Waals surface area (Å²) in [4.78, 5) is 5.98. The lowest BCUT2D eigenvalue weighted by Crippen LogP contribution is -2.15. The molecule has 0 saturated heterocycles. The minimum Gasteiger partial charge on any atom is -0.382 e. The topological polar surface area (TPSA) is 50.7 Å². The highest BCUT2D eigenvalue weighted by Gasteiger charge is 2.36. The van der Waals surface area contributed by atoms with E-state index in [1.807, 2.05) is 0 Å². The van der Waals surface area contributed by atoms with E-state index < -0.39 is 17.7 Å². The molecule has 0 amide bonds. The largest absolute Gasteiger partial charge is 0.437 e. The van der Waals surface area contributed by atoms with Gasteiger partial charge < -0.3 is 5.73 Å². The lowest BCUT2D eigenvalue weighted by atomic mass is 10.4. The van der Waals surface area contributed by atoms with Gasteiger partial charge in [-0.1, -0.05) is 0 Å². The molecule has 0 atom stereocenters. The van der Waals surface area contributed by atoms with Crippen molar-refractivity contribution in [1.82, 2.24) is 0 Å². The summed E-state index contributed by atoms with van der Waals surface area (Å²) in [6.07, 6.45) is -3.60. The number of nitrogens with zero attached hydrogens (tertiary/aromatic N) is 2. The SMILES string of the molecule is C=N/C(N)=C(\N=CC)C(F)(F)F. The summed E-state index contributed by atoms with van der Waals surface area (Å²) >= 11 is 0. The van der Waals surface area contributed by atoms with Gasteiger partial charge in [-0.3, -0.25) is 4.99 Å². The van der Waals surface area contributed by atoms with E-state index in [0.29, 0.717) is 0 Å². The average molecular weight is 179 g/mol. The molecule has 0 aliphatic heterocycles. The molecule has 0 spiro atoms. The fourth-order valence-electron chi connectivity index (χ4n) is 0.489. The van der Waals surface area contributed by atoms with Gasteiger partial charge in [-0.05, 0) is 13.6 Å². The molecule has 3 nitrogen and oxygen atoms in total. The molecular weight excluding hydrogens is 171 g/mol. The fraction of sp³-hybridized carbons (Fsp3) is 0.333. The van der Waals surface area contributed by atoms with Crippen molar-refractivity contribution in [1.29, 1.82) is 0 Å². The number of hydrogen-bond acceptors (Lipinski definition) is 3. The van der Waals surface area contributed by atoms with Crippen LogP contribution in [0.4, 0.5) is 13.2 Å². The minimum absolute atomic E-state index is 0.722. The first-order valence-electron chi connectivity index (χ1n) is 2.95. The molecule has 0 aliphatic rings. The van der Waals surface area contributed by atoms with E-state index in [2.05, 4.69) is 16.7 Å². The van der Waals surface area contributed by atoms with Crippen molar-refractivity contribution >= 4 is 12.9 Å². The van der Waals surface area contributed by atoms with Crippen molar-refractivity contribution in [3.63, 3.8) is 0 Å². The maximum atomic E-state index is 12.0. The van der Waals surface area contributed by atoms with Crippen LogP contribution in [0.3, 0.4) is 0 Å². The Morgan fingerprint density at radius 2 is 2.00 bits per heavy atom. The molecule has 0 aliphatic carbocycles. The molecule has 6 heteroatoms. The highest BCUT2D eigenvalue weighted by Crippen LogP contribution is 2.27. The lowest BCUT2D eigenvalue weighted by molar-refractivity contribution is -0.0932. The van der Waals surface area contributed by atoms with E-state index in [4.69, 9.17) is 5.73 Å². The van der Waals surface area contributed by atoms with Gasteiger partial charge in [0, 0.05) is 6.21 Å². The third-order valence-electron chi connectivity index (χ3n) is 0.940. The molecule has 0 aromatic carbocycles. The second kappa shape index (κ2) is 3.89. The Bertz CT molecular complexity index is 227. The summed E-state index contributed by atoms with van der Waals surface area (Å²) in [5.41, 5.74) is 3.68. The molecule has 0 fully saturated rings. The van der Waals surface area contributed by atoms with E-state index in [1.54, 1.807) is 0 Å². The molecular formula is C6H8F3N3. The predicted molar refractivity (Wildman–Crippen MR) is 41.0 cm³/mol. The number of nitrogens with two attached hydrogens (primary N) is 1. The molecule has 0 radical (unpaired) electrons. The van der Waals surface area contributed by atoms with Crippen molar-refractivity contribution in [2.45, 2.75) is 13.1 Å². The smallest absolute Gasteiger partial charge is 0.382 e. The molecule has 0 unspecified atom stereocenters. The van der Waals surface area contributed by atoms with Crippen LogP contribution in [0.25, 0.3) is 0 Å². The normalized spacial score (nSPS) is 14.7. The Balaban J connectivity index is 5.05. The summed E-state index contributed by atoms with van der Waals surface area (Å²) in [6.45, 7) is 4.22. The Labute approximate surface area is 67.5 Å². The van der Waals surface area contributed by atoms with Gasteiger partial charge in [-0.25, -0.2) is 4.99 Å². The number of halogens is 3. The van der Waals surface area contributed by atoms with Gasteiger partial charge in [0.1, 0.15) is 0 Å². The molecule has 12 heavy (non-hydrogen) atoms. The predicted octanol–water partition coefficient (Wildman–Crippen LogP) is 1.47. The van der Waals surface area contributed by atoms with Gasteiger partial charge in [-0.2, -0.15) is 13.2 Å². The third kappa shape index (κ3) is 2.73. The maximum absolute atomic E-state index is 12.0. The number of rotatable bonds is 2. The second-order valence-corrected chi connectivity index (χ2v) is 1.78. The van der Waals surface area contributed by atoms with E-state index in [1.165, 1.54) is 6.92 Å². The number of allylic oxidation sites excluding steroid dienone is 1. The molecule has 0 aromatic rings. The standard InChI is InChI=1S/C6H8F3N3/c1-3-12-4(5(10)11-2)6(7,8)9/h3H,2,10H2,1H3/b5-4-,12-3?. The monoisotopic (exact) mass is 179 g/mol. The average Bonchev–Trinajstić information content (AvgIpc) is 1.96. The first-order chi connectivity index (χ1) is 5.43. The minimum atomic E-state index is -4.59.